The highest BCUT2D eigenvalue weighted by Gasteiger charge is 2.17. The molecule has 0 bridgehead atoms. The zero-order valence-electron chi connectivity index (χ0n) is 13.2. The van der Waals surface area contributed by atoms with E-state index in [2.05, 4.69) is 5.32 Å². The summed E-state index contributed by atoms with van der Waals surface area (Å²) in [5.74, 6) is -0.0125. The van der Waals surface area contributed by atoms with Crippen molar-refractivity contribution in [3.8, 4) is 0 Å². The van der Waals surface area contributed by atoms with Gasteiger partial charge in [0.25, 0.3) is 5.91 Å². The highest BCUT2D eigenvalue weighted by atomic mass is 35.5. The standard InChI is InChI=1S/C18H18ClNO3S/c1-13(18(22)20-15-8-3-2-4-9-15)23-17(21)12-24-11-14-7-5-6-10-16(14)19/h2-10,13H,11-12H2,1H3,(H,20,22)/t13-/m0/s1. The summed E-state index contributed by atoms with van der Waals surface area (Å²) < 4.78 is 5.15. The number of esters is 1. The van der Waals surface area contributed by atoms with E-state index in [1.54, 1.807) is 19.1 Å². The molecule has 1 N–H and O–H groups in total. The Morgan fingerprint density at radius 3 is 2.50 bits per heavy atom. The molecule has 4 nitrogen and oxygen atoms in total. The molecule has 0 aliphatic heterocycles. The molecule has 2 aromatic carbocycles. The Hall–Kier alpha value is -1.98. The molecule has 2 rings (SSSR count). The van der Waals surface area contributed by atoms with Gasteiger partial charge in [-0.15, -0.1) is 11.8 Å². The lowest BCUT2D eigenvalue weighted by Crippen LogP contribution is -2.30. The van der Waals surface area contributed by atoms with Crippen molar-refractivity contribution in [1.82, 2.24) is 0 Å². The molecular formula is C18H18ClNO3S. The average molecular weight is 364 g/mol. The molecule has 0 spiro atoms. The summed E-state index contributed by atoms with van der Waals surface area (Å²) in [6, 6.07) is 16.5. The Morgan fingerprint density at radius 2 is 1.79 bits per heavy atom. The van der Waals surface area contributed by atoms with Gasteiger partial charge >= 0.3 is 5.97 Å². The summed E-state index contributed by atoms with van der Waals surface area (Å²) in [7, 11) is 0. The number of benzene rings is 2. The molecule has 0 aliphatic rings. The molecule has 0 aliphatic carbocycles. The van der Waals surface area contributed by atoms with Crippen LogP contribution in [0.1, 0.15) is 12.5 Å². The smallest absolute Gasteiger partial charge is 0.316 e. The number of thioether (sulfide) groups is 1. The Bertz CT molecular complexity index is 694. The largest absolute Gasteiger partial charge is 0.452 e. The van der Waals surface area contributed by atoms with E-state index in [1.165, 1.54) is 11.8 Å². The third-order valence-corrected chi connectivity index (χ3v) is 4.48. The molecule has 6 heteroatoms. The highest BCUT2D eigenvalue weighted by Crippen LogP contribution is 2.20. The number of nitrogens with one attached hydrogen (secondary N) is 1. The van der Waals surface area contributed by atoms with Gasteiger partial charge in [-0.3, -0.25) is 9.59 Å². The van der Waals surface area contributed by atoms with Crippen LogP contribution in [-0.4, -0.2) is 23.7 Å². The second-order valence-corrected chi connectivity index (χ2v) is 6.46. The maximum atomic E-state index is 12.0. The third-order valence-electron chi connectivity index (χ3n) is 3.15. The number of amides is 1. The number of anilines is 1. The van der Waals surface area contributed by atoms with Crippen LogP contribution >= 0.6 is 23.4 Å². The van der Waals surface area contributed by atoms with Gasteiger partial charge in [0.2, 0.25) is 0 Å². The van der Waals surface area contributed by atoms with Crippen molar-refractivity contribution in [1.29, 1.82) is 0 Å². The number of hydrogen-bond donors (Lipinski definition) is 1. The van der Waals surface area contributed by atoms with E-state index in [0.717, 1.165) is 5.56 Å². The molecular weight excluding hydrogens is 346 g/mol. The van der Waals surface area contributed by atoms with Gasteiger partial charge in [0, 0.05) is 16.5 Å². The lowest BCUT2D eigenvalue weighted by molar-refractivity contribution is -0.150. The quantitative estimate of drug-likeness (QED) is 0.751. The van der Waals surface area contributed by atoms with Gasteiger partial charge in [-0.1, -0.05) is 48.0 Å². The number of rotatable bonds is 7. The number of ether oxygens (including phenoxy) is 1. The van der Waals surface area contributed by atoms with Crippen LogP contribution in [-0.2, 0) is 20.1 Å². The number of carbonyl (C=O) groups is 2. The molecule has 1 atom stereocenters. The van der Waals surface area contributed by atoms with E-state index in [4.69, 9.17) is 16.3 Å². The van der Waals surface area contributed by atoms with Crippen LogP contribution in [0.5, 0.6) is 0 Å². The van der Waals surface area contributed by atoms with E-state index >= 15 is 0 Å². The first-order valence-corrected chi connectivity index (χ1v) is 8.96. The van der Waals surface area contributed by atoms with Crippen molar-refractivity contribution in [3.05, 3.63) is 65.2 Å². The van der Waals surface area contributed by atoms with E-state index in [1.807, 2.05) is 42.5 Å². The van der Waals surface area contributed by atoms with Crippen molar-refractivity contribution in [3.63, 3.8) is 0 Å². The molecule has 0 fully saturated rings. The highest BCUT2D eigenvalue weighted by molar-refractivity contribution is 7.99. The minimum Gasteiger partial charge on any atom is -0.452 e. The summed E-state index contributed by atoms with van der Waals surface area (Å²) in [5.41, 5.74) is 1.63. The van der Waals surface area contributed by atoms with Gasteiger partial charge in [-0.2, -0.15) is 0 Å². The van der Waals surface area contributed by atoms with Crippen molar-refractivity contribution in [2.45, 2.75) is 18.8 Å². The topological polar surface area (TPSA) is 55.4 Å². The average Bonchev–Trinajstić information content (AvgIpc) is 2.57. The second kappa shape index (κ2) is 9.35. The summed E-state index contributed by atoms with van der Waals surface area (Å²) in [5, 5.41) is 3.37. The SMILES string of the molecule is C[C@H](OC(=O)CSCc1ccccc1Cl)C(=O)Nc1ccccc1. The summed E-state index contributed by atoms with van der Waals surface area (Å²) in [6.45, 7) is 1.55. The number of carbonyl (C=O) groups excluding carboxylic acids is 2. The first kappa shape index (κ1) is 18.4. The minimum absolute atomic E-state index is 0.161. The molecule has 0 heterocycles. The predicted molar refractivity (Wildman–Crippen MR) is 98.2 cm³/mol. The summed E-state index contributed by atoms with van der Waals surface area (Å²) in [4.78, 5) is 23.8. The first-order valence-electron chi connectivity index (χ1n) is 7.43. The van der Waals surface area contributed by atoms with Crippen molar-refractivity contribution in [2.75, 3.05) is 11.1 Å². The molecule has 0 saturated carbocycles. The molecule has 24 heavy (non-hydrogen) atoms. The number of para-hydroxylation sites is 1. The van der Waals surface area contributed by atoms with Crippen LogP contribution in [0.15, 0.2) is 54.6 Å². The lowest BCUT2D eigenvalue weighted by Gasteiger charge is -2.13. The first-order chi connectivity index (χ1) is 11.6. The Morgan fingerprint density at radius 1 is 1.12 bits per heavy atom. The van der Waals surface area contributed by atoms with Gasteiger partial charge in [-0.25, -0.2) is 0 Å². The number of hydrogen-bond acceptors (Lipinski definition) is 4. The van der Waals surface area contributed by atoms with E-state index < -0.39 is 12.1 Å². The van der Waals surface area contributed by atoms with E-state index in [9.17, 15) is 9.59 Å². The Labute approximate surface area is 150 Å². The van der Waals surface area contributed by atoms with Crippen LogP contribution < -0.4 is 5.32 Å². The van der Waals surface area contributed by atoms with Gasteiger partial charge in [0.1, 0.15) is 0 Å². The Kier molecular flexibility index (Phi) is 7.15. The van der Waals surface area contributed by atoms with Gasteiger partial charge in [-0.05, 0) is 30.7 Å². The molecule has 0 saturated heterocycles. The van der Waals surface area contributed by atoms with Crippen molar-refractivity contribution >= 4 is 40.9 Å². The summed E-state index contributed by atoms with van der Waals surface area (Å²) in [6.07, 6.45) is -0.849. The van der Waals surface area contributed by atoms with Crippen molar-refractivity contribution in [2.24, 2.45) is 0 Å². The molecule has 2 aromatic rings. The zero-order valence-corrected chi connectivity index (χ0v) is 14.8. The van der Waals surface area contributed by atoms with Crippen LogP contribution in [0.2, 0.25) is 5.02 Å². The molecule has 0 unspecified atom stereocenters. The third kappa shape index (κ3) is 5.91. The molecule has 0 radical (unpaired) electrons. The lowest BCUT2D eigenvalue weighted by atomic mass is 10.2. The minimum atomic E-state index is -0.849. The fourth-order valence-electron chi connectivity index (χ4n) is 1.91. The van der Waals surface area contributed by atoms with Crippen molar-refractivity contribution < 1.29 is 14.3 Å². The normalized spacial score (nSPS) is 11.6. The van der Waals surface area contributed by atoms with Crippen LogP contribution in [0.4, 0.5) is 5.69 Å². The maximum Gasteiger partial charge on any atom is 0.316 e. The van der Waals surface area contributed by atoms with Gasteiger partial charge in [0.05, 0.1) is 5.75 Å². The van der Waals surface area contributed by atoms with Gasteiger partial charge < -0.3 is 10.1 Å². The monoisotopic (exact) mass is 363 g/mol. The predicted octanol–water partition coefficient (Wildman–Crippen LogP) is 4.14. The number of halogens is 1. The van der Waals surface area contributed by atoms with E-state index in [0.29, 0.717) is 16.5 Å². The fraction of sp³-hybridized carbons (Fsp3) is 0.222. The zero-order chi connectivity index (χ0) is 17.4. The van der Waals surface area contributed by atoms with Crippen LogP contribution in [0, 0.1) is 0 Å². The summed E-state index contributed by atoms with van der Waals surface area (Å²) >= 11 is 7.46. The second-order valence-electron chi connectivity index (χ2n) is 5.07. The van der Waals surface area contributed by atoms with E-state index in [-0.39, 0.29) is 11.7 Å². The maximum absolute atomic E-state index is 12.0. The molecule has 0 aromatic heterocycles. The fourth-order valence-corrected chi connectivity index (χ4v) is 3.00. The molecule has 126 valence electrons. The van der Waals surface area contributed by atoms with Crippen LogP contribution in [0.25, 0.3) is 0 Å². The van der Waals surface area contributed by atoms with Crippen LogP contribution in [0.3, 0.4) is 0 Å². The molecule has 1 amide bonds. The Balaban J connectivity index is 1.73. The van der Waals surface area contributed by atoms with Gasteiger partial charge in [0.15, 0.2) is 6.10 Å².